The Hall–Kier alpha value is -1.72. The highest BCUT2D eigenvalue weighted by Crippen LogP contribution is 2.34. The molecule has 2 aromatic rings. The normalized spacial score (nSPS) is 19.6. The molecule has 1 aromatic heterocycles. The van der Waals surface area contributed by atoms with E-state index in [9.17, 15) is 4.79 Å². The number of carbonyl (C=O) groups excluding carboxylic acids is 1. The van der Waals surface area contributed by atoms with Crippen LogP contribution in [-0.2, 0) is 6.54 Å². The van der Waals surface area contributed by atoms with Gasteiger partial charge in [0.15, 0.2) is 0 Å². The minimum Gasteiger partial charge on any atom is -0.336 e. The third-order valence-electron chi connectivity index (χ3n) is 5.59. The molecule has 0 N–H and O–H groups in total. The zero-order chi connectivity index (χ0) is 17.8. The van der Waals surface area contributed by atoms with E-state index in [0.717, 1.165) is 38.3 Å². The Bertz CT molecular complexity index is 716. The molecule has 0 unspecified atom stereocenters. The van der Waals surface area contributed by atoms with Gasteiger partial charge in [-0.05, 0) is 25.0 Å². The SMILES string of the molecule is O=C(c1ccccc1)N1CCN(Cc2csc(C3CCCCC3)n2)CC1. The van der Waals surface area contributed by atoms with E-state index >= 15 is 0 Å². The zero-order valence-electron chi connectivity index (χ0n) is 15.3. The van der Waals surface area contributed by atoms with Crippen LogP contribution in [0.1, 0.15) is 59.1 Å². The summed E-state index contributed by atoms with van der Waals surface area (Å²) in [4.78, 5) is 21.9. The van der Waals surface area contributed by atoms with Crippen molar-refractivity contribution >= 4 is 17.2 Å². The quantitative estimate of drug-likeness (QED) is 0.812. The van der Waals surface area contributed by atoms with E-state index in [0.29, 0.717) is 5.92 Å². The number of rotatable bonds is 4. The average Bonchev–Trinajstić information content (AvgIpc) is 3.18. The largest absolute Gasteiger partial charge is 0.336 e. The fraction of sp³-hybridized carbons (Fsp3) is 0.524. The first-order valence-corrected chi connectivity index (χ1v) is 10.7. The summed E-state index contributed by atoms with van der Waals surface area (Å²) < 4.78 is 0. The molecule has 0 bridgehead atoms. The van der Waals surface area contributed by atoms with Crippen molar-refractivity contribution in [2.24, 2.45) is 0 Å². The van der Waals surface area contributed by atoms with Gasteiger partial charge in [-0.2, -0.15) is 0 Å². The van der Waals surface area contributed by atoms with Gasteiger partial charge in [0, 0.05) is 49.6 Å². The lowest BCUT2D eigenvalue weighted by molar-refractivity contribution is 0.0627. The van der Waals surface area contributed by atoms with Crippen LogP contribution in [0.5, 0.6) is 0 Å². The van der Waals surface area contributed by atoms with E-state index in [1.165, 1.54) is 42.8 Å². The Balaban J connectivity index is 1.29. The van der Waals surface area contributed by atoms with Gasteiger partial charge in [0.2, 0.25) is 0 Å². The summed E-state index contributed by atoms with van der Waals surface area (Å²) in [5.74, 6) is 0.848. The second-order valence-electron chi connectivity index (χ2n) is 7.45. The third kappa shape index (κ3) is 4.15. The molecule has 26 heavy (non-hydrogen) atoms. The Labute approximate surface area is 159 Å². The standard InChI is InChI=1S/C21H27N3OS/c25-21(18-9-5-2-6-10-18)24-13-11-23(12-14-24)15-19-16-26-20(22-19)17-7-3-1-4-8-17/h2,5-6,9-10,16-17H,1,3-4,7-8,11-15H2. The van der Waals surface area contributed by atoms with Crippen LogP contribution in [0.2, 0.25) is 0 Å². The number of carbonyl (C=O) groups is 1. The van der Waals surface area contributed by atoms with E-state index in [-0.39, 0.29) is 5.91 Å². The molecule has 0 radical (unpaired) electrons. The third-order valence-corrected chi connectivity index (χ3v) is 6.65. The molecule has 4 nitrogen and oxygen atoms in total. The molecule has 2 fully saturated rings. The highest BCUT2D eigenvalue weighted by atomic mass is 32.1. The van der Waals surface area contributed by atoms with Crippen molar-refractivity contribution in [3.8, 4) is 0 Å². The number of hydrogen-bond acceptors (Lipinski definition) is 4. The summed E-state index contributed by atoms with van der Waals surface area (Å²) in [7, 11) is 0. The maximum absolute atomic E-state index is 12.5. The van der Waals surface area contributed by atoms with E-state index < -0.39 is 0 Å². The molecule has 1 aromatic carbocycles. The van der Waals surface area contributed by atoms with Crippen LogP contribution in [0.3, 0.4) is 0 Å². The second-order valence-corrected chi connectivity index (χ2v) is 8.34. The summed E-state index contributed by atoms with van der Waals surface area (Å²) in [6.07, 6.45) is 6.73. The smallest absolute Gasteiger partial charge is 0.253 e. The van der Waals surface area contributed by atoms with Gasteiger partial charge in [-0.1, -0.05) is 37.5 Å². The first-order chi connectivity index (χ1) is 12.8. The van der Waals surface area contributed by atoms with Gasteiger partial charge in [0.1, 0.15) is 0 Å². The first kappa shape index (κ1) is 17.7. The molecule has 1 aliphatic heterocycles. The topological polar surface area (TPSA) is 36.4 Å². The number of piperazine rings is 1. The van der Waals surface area contributed by atoms with Crippen LogP contribution in [0.25, 0.3) is 0 Å². The van der Waals surface area contributed by atoms with E-state index in [1.54, 1.807) is 0 Å². The minimum atomic E-state index is 0.151. The lowest BCUT2D eigenvalue weighted by atomic mass is 9.90. The lowest BCUT2D eigenvalue weighted by Crippen LogP contribution is -2.48. The average molecular weight is 370 g/mol. The molecule has 1 amide bonds. The molecule has 138 valence electrons. The highest BCUT2D eigenvalue weighted by molar-refractivity contribution is 7.09. The van der Waals surface area contributed by atoms with Crippen LogP contribution in [0, 0.1) is 0 Å². The summed E-state index contributed by atoms with van der Waals surface area (Å²) in [6, 6.07) is 9.60. The van der Waals surface area contributed by atoms with Crippen molar-refractivity contribution in [2.75, 3.05) is 26.2 Å². The molecule has 2 heterocycles. The Morgan fingerprint density at radius 1 is 1.04 bits per heavy atom. The number of nitrogens with zero attached hydrogens (tertiary/aromatic N) is 3. The summed E-state index contributed by atoms with van der Waals surface area (Å²) in [5, 5.41) is 3.59. The van der Waals surface area contributed by atoms with Crippen LogP contribution >= 0.6 is 11.3 Å². The van der Waals surface area contributed by atoms with Gasteiger partial charge in [0.25, 0.3) is 5.91 Å². The molecule has 1 saturated heterocycles. The van der Waals surface area contributed by atoms with E-state index in [1.807, 2.05) is 46.6 Å². The molecule has 1 aliphatic carbocycles. The fourth-order valence-electron chi connectivity index (χ4n) is 4.03. The number of hydrogen-bond donors (Lipinski definition) is 0. The van der Waals surface area contributed by atoms with Crippen molar-refractivity contribution in [1.29, 1.82) is 0 Å². The van der Waals surface area contributed by atoms with Crippen molar-refractivity contribution in [2.45, 2.75) is 44.6 Å². The molecule has 0 atom stereocenters. The van der Waals surface area contributed by atoms with Crippen LogP contribution in [-0.4, -0.2) is 46.9 Å². The van der Waals surface area contributed by atoms with Crippen molar-refractivity contribution in [1.82, 2.24) is 14.8 Å². The molecule has 2 aliphatic rings. The molecule has 4 rings (SSSR count). The molecule has 0 spiro atoms. The Morgan fingerprint density at radius 3 is 2.50 bits per heavy atom. The van der Waals surface area contributed by atoms with Gasteiger partial charge >= 0.3 is 0 Å². The number of thiazole rings is 1. The Kier molecular flexibility index (Phi) is 5.65. The fourth-order valence-corrected chi connectivity index (χ4v) is 5.02. The van der Waals surface area contributed by atoms with Crippen molar-refractivity contribution in [3.63, 3.8) is 0 Å². The van der Waals surface area contributed by atoms with Crippen LogP contribution in [0.4, 0.5) is 0 Å². The van der Waals surface area contributed by atoms with Crippen LogP contribution in [0.15, 0.2) is 35.7 Å². The van der Waals surface area contributed by atoms with Crippen LogP contribution < -0.4 is 0 Å². The molecule has 5 heteroatoms. The highest BCUT2D eigenvalue weighted by Gasteiger charge is 2.23. The molecular weight excluding hydrogens is 342 g/mol. The predicted octanol–water partition coefficient (Wildman–Crippen LogP) is 4.15. The molecule has 1 saturated carbocycles. The van der Waals surface area contributed by atoms with Crippen molar-refractivity contribution in [3.05, 3.63) is 52.0 Å². The summed E-state index contributed by atoms with van der Waals surface area (Å²) in [5.41, 5.74) is 2.00. The zero-order valence-corrected chi connectivity index (χ0v) is 16.1. The lowest BCUT2D eigenvalue weighted by Gasteiger charge is -2.34. The van der Waals surface area contributed by atoms with Gasteiger partial charge in [0.05, 0.1) is 10.7 Å². The molecular formula is C21H27N3OS. The maximum Gasteiger partial charge on any atom is 0.253 e. The Morgan fingerprint density at radius 2 is 1.77 bits per heavy atom. The van der Waals surface area contributed by atoms with Gasteiger partial charge < -0.3 is 4.90 Å². The number of amides is 1. The number of benzene rings is 1. The van der Waals surface area contributed by atoms with Gasteiger partial charge in [-0.25, -0.2) is 4.98 Å². The summed E-state index contributed by atoms with van der Waals surface area (Å²) in [6.45, 7) is 4.36. The maximum atomic E-state index is 12.5. The van der Waals surface area contributed by atoms with Gasteiger partial charge in [-0.3, -0.25) is 9.69 Å². The predicted molar refractivity (Wildman–Crippen MR) is 106 cm³/mol. The first-order valence-electron chi connectivity index (χ1n) is 9.80. The second kappa shape index (κ2) is 8.31. The van der Waals surface area contributed by atoms with E-state index in [4.69, 9.17) is 4.98 Å². The van der Waals surface area contributed by atoms with Gasteiger partial charge in [-0.15, -0.1) is 11.3 Å². The number of aromatic nitrogens is 1. The summed E-state index contributed by atoms with van der Waals surface area (Å²) >= 11 is 1.85. The monoisotopic (exact) mass is 369 g/mol. The minimum absolute atomic E-state index is 0.151. The van der Waals surface area contributed by atoms with E-state index in [2.05, 4.69) is 10.3 Å². The van der Waals surface area contributed by atoms with Crippen molar-refractivity contribution < 1.29 is 4.79 Å².